The van der Waals surface area contributed by atoms with Gasteiger partial charge in [-0.2, -0.15) is 0 Å². The largest absolute Gasteiger partial charge is 0.468 e. The van der Waals surface area contributed by atoms with Crippen LogP contribution in [0.25, 0.3) is 0 Å². The van der Waals surface area contributed by atoms with E-state index in [9.17, 15) is 0 Å². The van der Waals surface area contributed by atoms with Crippen molar-refractivity contribution in [2.24, 2.45) is 0 Å². The standard InChI is InChI=1S/C12H19NO/c1-2-4-8-13(9-5-3-1)11-12-7-6-10-14-12/h6-7,10H,1-5,8-9,11H2. The minimum atomic E-state index is 0.993. The van der Waals surface area contributed by atoms with E-state index in [0.717, 1.165) is 12.3 Å². The molecule has 1 aliphatic rings. The summed E-state index contributed by atoms with van der Waals surface area (Å²) in [6.45, 7) is 3.47. The van der Waals surface area contributed by atoms with Crippen LogP contribution in [-0.4, -0.2) is 18.0 Å². The van der Waals surface area contributed by atoms with Gasteiger partial charge in [-0.15, -0.1) is 0 Å². The highest BCUT2D eigenvalue weighted by atomic mass is 16.3. The van der Waals surface area contributed by atoms with Gasteiger partial charge >= 0.3 is 0 Å². The van der Waals surface area contributed by atoms with Gasteiger partial charge in [0.15, 0.2) is 0 Å². The first-order valence-electron chi connectivity index (χ1n) is 5.70. The molecule has 2 heteroatoms. The maximum Gasteiger partial charge on any atom is 0.117 e. The van der Waals surface area contributed by atoms with Crippen LogP contribution in [0.1, 0.15) is 37.9 Å². The lowest BCUT2D eigenvalue weighted by molar-refractivity contribution is 0.222. The Balaban J connectivity index is 1.83. The molecule has 1 aromatic rings. The predicted octanol–water partition coefficient (Wildman–Crippen LogP) is 3.05. The Morgan fingerprint density at radius 3 is 2.43 bits per heavy atom. The van der Waals surface area contributed by atoms with E-state index >= 15 is 0 Å². The van der Waals surface area contributed by atoms with Crippen LogP contribution in [0.5, 0.6) is 0 Å². The fourth-order valence-corrected chi connectivity index (χ4v) is 2.09. The van der Waals surface area contributed by atoms with E-state index in [1.165, 1.54) is 45.2 Å². The number of rotatable bonds is 2. The van der Waals surface area contributed by atoms with Gasteiger partial charge in [-0.3, -0.25) is 4.90 Å². The molecule has 0 spiro atoms. The van der Waals surface area contributed by atoms with Crippen molar-refractivity contribution in [3.63, 3.8) is 0 Å². The lowest BCUT2D eigenvalue weighted by Gasteiger charge is -2.23. The lowest BCUT2D eigenvalue weighted by Crippen LogP contribution is -2.26. The lowest BCUT2D eigenvalue weighted by atomic mass is 10.1. The Morgan fingerprint density at radius 1 is 1.07 bits per heavy atom. The molecule has 0 N–H and O–H groups in total. The van der Waals surface area contributed by atoms with Gasteiger partial charge in [0.25, 0.3) is 0 Å². The molecule has 1 fully saturated rings. The third-order valence-electron chi connectivity index (χ3n) is 2.91. The minimum absolute atomic E-state index is 0.993. The number of hydrogen-bond acceptors (Lipinski definition) is 2. The van der Waals surface area contributed by atoms with Crippen LogP contribution >= 0.6 is 0 Å². The van der Waals surface area contributed by atoms with Crippen molar-refractivity contribution >= 4 is 0 Å². The van der Waals surface area contributed by atoms with Gasteiger partial charge in [0.05, 0.1) is 12.8 Å². The third kappa shape index (κ3) is 2.88. The maximum absolute atomic E-state index is 5.37. The topological polar surface area (TPSA) is 16.4 Å². The van der Waals surface area contributed by atoms with Gasteiger partial charge in [0.2, 0.25) is 0 Å². The monoisotopic (exact) mass is 193 g/mol. The SMILES string of the molecule is c1coc(CN2CCCCCCC2)c1. The van der Waals surface area contributed by atoms with Crippen LogP contribution in [0.3, 0.4) is 0 Å². The Bertz CT molecular complexity index is 235. The Morgan fingerprint density at radius 2 is 1.79 bits per heavy atom. The highest BCUT2D eigenvalue weighted by Crippen LogP contribution is 2.13. The first-order valence-corrected chi connectivity index (χ1v) is 5.70. The summed E-state index contributed by atoms with van der Waals surface area (Å²) in [5.74, 6) is 1.10. The van der Waals surface area contributed by atoms with E-state index in [1.54, 1.807) is 6.26 Å². The highest BCUT2D eigenvalue weighted by molar-refractivity contribution is 4.97. The summed E-state index contributed by atoms with van der Waals surface area (Å²) in [4.78, 5) is 2.51. The Hall–Kier alpha value is -0.760. The minimum Gasteiger partial charge on any atom is -0.468 e. The fraction of sp³-hybridized carbons (Fsp3) is 0.667. The van der Waals surface area contributed by atoms with E-state index in [0.29, 0.717) is 0 Å². The molecular weight excluding hydrogens is 174 g/mol. The summed E-state index contributed by atoms with van der Waals surface area (Å²) >= 11 is 0. The van der Waals surface area contributed by atoms with Gasteiger partial charge < -0.3 is 4.42 Å². The van der Waals surface area contributed by atoms with E-state index in [1.807, 2.05) is 6.07 Å². The molecule has 78 valence electrons. The normalized spacial score (nSPS) is 20.3. The summed E-state index contributed by atoms with van der Waals surface area (Å²) in [6.07, 6.45) is 8.68. The molecule has 0 radical (unpaired) electrons. The molecule has 0 saturated carbocycles. The Labute approximate surface area is 85.9 Å². The number of likely N-dealkylation sites (tertiary alicyclic amines) is 1. The number of furan rings is 1. The average molecular weight is 193 g/mol. The molecule has 2 nitrogen and oxygen atoms in total. The number of nitrogens with zero attached hydrogens (tertiary/aromatic N) is 1. The van der Waals surface area contributed by atoms with Crippen molar-refractivity contribution in [3.8, 4) is 0 Å². The molecular formula is C12H19NO. The van der Waals surface area contributed by atoms with Crippen molar-refractivity contribution in [3.05, 3.63) is 24.2 Å². The summed E-state index contributed by atoms with van der Waals surface area (Å²) in [7, 11) is 0. The van der Waals surface area contributed by atoms with Crippen LogP contribution in [-0.2, 0) is 6.54 Å². The highest BCUT2D eigenvalue weighted by Gasteiger charge is 2.09. The molecule has 0 aromatic carbocycles. The predicted molar refractivity (Wildman–Crippen MR) is 57.1 cm³/mol. The molecule has 1 aromatic heterocycles. The second kappa shape index (κ2) is 5.20. The molecule has 0 atom stereocenters. The molecule has 1 aliphatic heterocycles. The molecule has 0 amide bonds. The fourth-order valence-electron chi connectivity index (χ4n) is 2.09. The van der Waals surface area contributed by atoms with Crippen molar-refractivity contribution in [1.29, 1.82) is 0 Å². The second-order valence-electron chi connectivity index (χ2n) is 4.12. The average Bonchev–Trinajstić information content (AvgIpc) is 2.62. The summed E-state index contributed by atoms with van der Waals surface area (Å²) in [6, 6.07) is 4.04. The molecule has 2 rings (SSSR count). The first kappa shape index (κ1) is 9.78. The summed E-state index contributed by atoms with van der Waals surface area (Å²) in [5.41, 5.74) is 0. The van der Waals surface area contributed by atoms with Crippen LogP contribution in [0.2, 0.25) is 0 Å². The van der Waals surface area contributed by atoms with Crippen LogP contribution in [0.4, 0.5) is 0 Å². The zero-order chi connectivity index (χ0) is 9.64. The second-order valence-corrected chi connectivity index (χ2v) is 4.12. The van der Waals surface area contributed by atoms with Crippen LogP contribution in [0, 0.1) is 0 Å². The van der Waals surface area contributed by atoms with Gasteiger partial charge in [-0.05, 0) is 38.1 Å². The molecule has 1 saturated heterocycles. The molecule has 0 aliphatic carbocycles. The zero-order valence-electron chi connectivity index (χ0n) is 8.74. The zero-order valence-corrected chi connectivity index (χ0v) is 8.74. The molecule has 14 heavy (non-hydrogen) atoms. The summed E-state index contributed by atoms with van der Waals surface area (Å²) < 4.78 is 5.37. The third-order valence-corrected chi connectivity index (χ3v) is 2.91. The van der Waals surface area contributed by atoms with Crippen LogP contribution in [0.15, 0.2) is 22.8 Å². The van der Waals surface area contributed by atoms with Crippen molar-refractivity contribution in [2.45, 2.75) is 38.6 Å². The number of hydrogen-bond donors (Lipinski definition) is 0. The van der Waals surface area contributed by atoms with Crippen molar-refractivity contribution in [1.82, 2.24) is 4.90 Å². The smallest absolute Gasteiger partial charge is 0.117 e. The first-order chi connectivity index (χ1) is 6.95. The van der Waals surface area contributed by atoms with Gasteiger partial charge in [-0.1, -0.05) is 19.3 Å². The van der Waals surface area contributed by atoms with Gasteiger partial charge in [-0.25, -0.2) is 0 Å². The molecule has 2 heterocycles. The van der Waals surface area contributed by atoms with Gasteiger partial charge in [0, 0.05) is 0 Å². The van der Waals surface area contributed by atoms with Crippen LogP contribution < -0.4 is 0 Å². The Kier molecular flexibility index (Phi) is 3.64. The molecule has 0 bridgehead atoms. The van der Waals surface area contributed by atoms with E-state index < -0.39 is 0 Å². The van der Waals surface area contributed by atoms with E-state index in [-0.39, 0.29) is 0 Å². The van der Waals surface area contributed by atoms with Crippen molar-refractivity contribution < 1.29 is 4.42 Å². The quantitative estimate of drug-likeness (QED) is 0.717. The molecule has 0 unspecified atom stereocenters. The van der Waals surface area contributed by atoms with E-state index in [4.69, 9.17) is 4.42 Å². The van der Waals surface area contributed by atoms with Gasteiger partial charge in [0.1, 0.15) is 5.76 Å². The van der Waals surface area contributed by atoms with Crippen molar-refractivity contribution in [2.75, 3.05) is 13.1 Å². The summed E-state index contributed by atoms with van der Waals surface area (Å²) in [5, 5.41) is 0. The van der Waals surface area contributed by atoms with E-state index in [2.05, 4.69) is 11.0 Å². The maximum atomic E-state index is 5.37.